The second kappa shape index (κ2) is 7.80. The van der Waals surface area contributed by atoms with Crippen LogP contribution in [0.3, 0.4) is 0 Å². The zero-order valence-corrected chi connectivity index (χ0v) is 16.2. The number of anilines is 2. The monoisotopic (exact) mass is 376 g/mol. The van der Waals surface area contributed by atoms with E-state index in [0.29, 0.717) is 6.54 Å². The second-order valence-corrected chi connectivity index (χ2v) is 7.10. The molecule has 2 aromatic heterocycles. The molecule has 0 amide bonds. The van der Waals surface area contributed by atoms with Gasteiger partial charge in [0, 0.05) is 43.6 Å². The predicted molar refractivity (Wildman–Crippen MR) is 110 cm³/mol. The molecule has 1 aliphatic rings. The number of piperazine rings is 1. The summed E-state index contributed by atoms with van der Waals surface area (Å²) in [5, 5.41) is 4.60. The zero-order chi connectivity index (χ0) is 19.5. The number of aryl methyl sites for hydroxylation is 2. The van der Waals surface area contributed by atoms with E-state index in [2.05, 4.69) is 24.9 Å². The lowest BCUT2D eigenvalue weighted by Gasteiger charge is -2.35. The van der Waals surface area contributed by atoms with Gasteiger partial charge in [0.1, 0.15) is 5.82 Å². The molecule has 0 bridgehead atoms. The largest absolute Gasteiger partial charge is 0.352 e. The smallest absolute Gasteiger partial charge is 0.267 e. The van der Waals surface area contributed by atoms with Crippen molar-refractivity contribution in [3.8, 4) is 0 Å². The maximum absolute atomic E-state index is 12.2. The summed E-state index contributed by atoms with van der Waals surface area (Å²) in [6.45, 7) is 7.73. The molecule has 1 aromatic carbocycles. The fraction of sp³-hybridized carbons (Fsp3) is 0.333. The van der Waals surface area contributed by atoms with Crippen molar-refractivity contribution in [1.82, 2.24) is 19.7 Å². The third-order valence-electron chi connectivity index (χ3n) is 4.88. The van der Waals surface area contributed by atoms with Crippen LogP contribution in [0, 0.1) is 13.8 Å². The van der Waals surface area contributed by atoms with Gasteiger partial charge in [-0.15, -0.1) is 0 Å². The molecule has 0 aliphatic carbocycles. The fourth-order valence-electron chi connectivity index (χ4n) is 3.46. The molecule has 7 nitrogen and oxygen atoms in total. The molecule has 0 atom stereocenters. The van der Waals surface area contributed by atoms with Gasteiger partial charge in [0.2, 0.25) is 5.95 Å². The summed E-state index contributed by atoms with van der Waals surface area (Å²) < 4.78 is 1.53. The zero-order valence-electron chi connectivity index (χ0n) is 16.2. The standard InChI is InChI=1S/C21H24N6O/c1-16-14-17(2)23-21(22-16)26-12-10-25(11-13-26)19-8-9-20(28)27(24-19)15-18-6-4-3-5-7-18/h3-9,14H,10-13,15H2,1-2H3. The van der Waals surface area contributed by atoms with Gasteiger partial charge in [0.05, 0.1) is 6.54 Å². The summed E-state index contributed by atoms with van der Waals surface area (Å²) in [5.41, 5.74) is 2.94. The normalized spacial score (nSPS) is 14.4. The van der Waals surface area contributed by atoms with E-state index in [9.17, 15) is 4.79 Å². The summed E-state index contributed by atoms with van der Waals surface area (Å²) >= 11 is 0. The van der Waals surface area contributed by atoms with Gasteiger partial charge in [-0.1, -0.05) is 30.3 Å². The van der Waals surface area contributed by atoms with Crippen molar-refractivity contribution in [3.05, 3.63) is 75.8 Å². The van der Waals surface area contributed by atoms with Crippen molar-refractivity contribution in [2.75, 3.05) is 36.0 Å². The van der Waals surface area contributed by atoms with Crippen LogP contribution < -0.4 is 15.4 Å². The Balaban J connectivity index is 1.47. The number of aromatic nitrogens is 4. The molecule has 0 N–H and O–H groups in total. The van der Waals surface area contributed by atoms with Gasteiger partial charge >= 0.3 is 0 Å². The Kier molecular flexibility index (Phi) is 5.06. The molecule has 0 unspecified atom stereocenters. The molecule has 1 saturated heterocycles. The first-order chi connectivity index (χ1) is 13.6. The quantitative estimate of drug-likeness (QED) is 0.694. The Bertz CT molecular complexity index is 989. The first-order valence-electron chi connectivity index (χ1n) is 9.53. The van der Waals surface area contributed by atoms with Crippen LogP contribution in [0.2, 0.25) is 0 Å². The summed E-state index contributed by atoms with van der Waals surface area (Å²) in [6, 6.07) is 15.3. The molecule has 0 spiro atoms. The molecular weight excluding hydrogens is 352 g/mol. The van der Waals surface area contributed by atoms with E-state index >= 15 is 0 Å². The minimum atomic E-state index is -0.0881. The second-order valence-electron chi connectivity index (χ2n) is 7.10. The van der Waals surface area contributed by atoms with Crippen LogP contribution in [0.25, 0.3) is 0 Å². The lowest BCUT2D eigenvalue weighted by Crippen LogP contribution is -2.48. The first kappa shape index (κ1) is 18.2. The van der Waals surface area contributed by atoms with Gasteiger partial charge in [0.15, 0.2) is 0 Å². The summed E-state index contributed by atoms with van der Waals surface area (Å²) in [5.74, 6) is 1.62. The van der Waals surface area contributed by atoms with Crippen molar-refractivity contribution >= 4 is 11.8 Å². The van der Waals surface area contributed by atoms with Crippen molar-refractivity contribution in [2.45, 2.75) is 20.4 Å². The van der Waals surface area contributed by atoms with Gasteiger partial charge in [-0.25, -0.2) is 14.6 Å². The van der Waals surface area contributed by atoms with Gasteiger partial charge in [-0.2, -0.15) is 5.10 Å². The van der Waals surface area contributed by atoms with Crippen molar-refractivity contribution < 1.29 is 0 Å². The minimum Gasteiger partial charge on any atom is -0.352 e. The molecule has 3 heterocycles. The van der Waals surface area contributed by atoms with E-state index in [1.54, 1.807) is 6.07 Å². The van der Waals surface area contributed by atoms with Crippen LogP contribution in [0.4, 0.5) is 11.8 Å². The number of nitrogens with zero attached hydrogens (tertiary/aromatic N) is 6. The third-order valence-corrected chi connectivity index (χ3v) is 4.88. The van der Waals surface area contributed by atoms with Crippen molar-refractivity contribution in [3.63, 3.8) is 0 Å². The van der Waals surface area contributed by atoms with E-state index in [-0.39, 0.29) is 5.56 Å². The fourth-order valence-corrected chi connectivity index (χ4v) is 3.46. The molecule has 0 radical (unpaired) electrons. The highest BCUT2D eigenvalue weighted by molar-refractivity contribution is 5.41. The number of hydrogen-bond donors (Lipinski definition) is 0. The van der Waals surface area contributed by atoms with Crippen LogP contribution in [0.15, 0.2) is 53.3 Å². The average Bonchev–Trinajstić information content (AvgIpc) is 2.70. The highest BCUT2D eigenvalue weighted by Gasteiger charge is 2.21. The van der Waals surface area contributed by atoms with Crippen LogP contribution in [0.5, 0.6) is 0 Å². The Morgan fingerprint density at radius 1 is 0.857 bits per heavy atom. The van der Waals surface area contributed by atoms with Gasteiger partial charge in [-0.3, -0.25) is 4.79 Å². The SMILES string of the molecule is Cc1cc(C)nc(N2CCN(c3ccc(=O)n(Cc4ccccc4)n3)CC2)n1. The molecule has 3 aromatic rings. The van der Waals surface area contributed by atoms with Crippen LogP contribution >= 0.6 is 0 Å². The average molecular weight is 376 g/mol. The van der Waals surface area contributed by atoms with Crippen LogP contribution in [-0.2, 0) is 6.54 Å². The highest BCUT2D eigenvalue weighted by Crippen LogP contribution is 2.16. The number of benzene rings is 1. The van der Waals surface area contributed by atoms with Gasteiger partial charge < -0.3 is 9.80 Å². The third kappa shape index (κ3) is 4.03. The minimum absolute atomic E-state index is 0.0881. The molecule has 7 heteroatoms. The molecule has 4 rings (SSSR count). The van der Waals surface area contributed by atoms with E-state index in [0.717, 1.165) is 54.9 Å². The molecule has 1 fully saturated rings. The first-order valence-corrected chi connectivity index (χ1v) is 9.53. The van der Waals surface area contributed by atoms with E-state index < -0.39 is 0 Å². The maximum Gasteiger partial charge on any atom is 0.267 e. The summed E-state index contributed by atoms with van der Waals surface area (Å²) in [4.78, 5) is 25.8. The van der Waals surface area contributed by atoms with Crippen molar-refractivity contribution in [1.29, 1.82) is 0 Å². The predicted octanol–water partition coefficient (Wildman–Crippen LogP) is 2.03. The highest BCUT2D eigenvalue weighted by atomic mass is 16.1. The Labute approximate surface area is 164 Å². The molecule has 144 valence electrons. The summed E-state index contributed by atoms with van der Waals surface area (Å²) in [7, 11) is 0. The van der Waals surface area contributed by atoms with Crippen molar-refractivity contribution in [2.24, 2.45) is 0 Å². The Morgan fingerprint density at radius 3 is 2.18 bits per heavy atom. The number of hydrogen-bond acceptors (Lipinski definition) is 6. The van der Waals surface area contributed by atoms with Crippen LogP contribution in [-0.4, -0.2) is 45.9 Å². The maximum atomic E-state index is 12.2. The molecule has 1 aliphatic heterocycles. The van der Waals surface area contributed by atoms with Gasteiger partial charge in [0.25, 0.3) is 5.56 Å². The molecular formula is C21H24N6O. The van der Waals surface area contributed by atoms with E-state index in [1.165, 1.54) is 4.68 Å². The van der Waals surface area contributed by atoms with E-state index in [4.69, 9.17) is 0 Å². The molecule has 28 heavy (non-hydrogen) atoms. The number of rotatable bonds is 4. The molecule has 0 saturated carbocycles. The van der Waals surface area contributed by atoms with E-state index in [1.807, 2.05) is 56.3 Å². The topological polar surface area (TPSA) is 67.2 Å². The van der Waals surface area contributed by atoms with Gasteiger partial charge in [-0.05, 0) is 31.5 Å². The Hall–Kier alpha value is -3.22. The summed E-state index contributed by atoms with van der Waals surface area (Å²) in [6.07, 6.45) is 0. The lowest BCUT2D eigenvalue weighted by molar-refractivity contribution is 0.596. The lowest BCUT2D eigenvalue weighted by atomic mass is 10.2. The Morgan fingerprint density at radius 2 is 1.50 bits per heavy atom. The van der Waals surface area contributed by atoms with Crippen LogP contribution in [0.1, 0.15) is 17.0 Å².